The van der Waals surface area contributed by atoms with Gasteiger partial charge in [0.05, 0.1) is 4.90 Å². The lowest BCUT2D eigenvalue weighted by Crippen LogP contribution is -2.20. The Kier molecular flexibility index (Phi) is 3.65. The SMILES string of the molecule is CN(C)C(=O)c1ccc(-c2ccc(S(N)(=O)=O)cc2)o1. The van der Waals surface area contributed by atoms with Gasteiger partial charge in [0.15, 0.2) is 5.76 Å². The minimum Gasteiger partial charge on any atom is -0.451 e. The summed E-state index contributed by atoms with van der Waals surface area (Å²) < 4.78 is 27.8. The molecule has 7 heteroatoms. The van der Waals surface area contributed by atoms with Gasteiger partial charge in [-0.2, -0.15) is 0 Å². The van der Waals surface area contributed by atoms with Crippen LogP contribution in [0.25, 0.3) is 11.3 Å². The van der Waals surface area contributed by atoms with Gasteiger partial charge in [-0.25, -0.2) is 13.6 Å². The molecule has 0 unspecified atom stereocenters. The van der Waals surface area contributed by atoms with Gasteiger partial charge in [0.2, 0.25) is 10.0 Å². The molecule has 2 aromatic rings. The first-order valence-corrected chi connectivity index (χ1v) is 7.28. The number of hydrogen-bond donors (Lipinski definition) is 1. The lowest BCUT2D eigenvalue weighted by molar-refractivity contribution is 0.0797. The molecule has 0 radical (unpaired) electrons. The first-order valence-electron chi connectivity index (χ1n) is 5.74. The number of amides is 1. The summed E-state index contributed by atoms with van der Waals surface area (Å²) in [6, 6.07) is 9.15. The molecule has 1 aromatic carbocycles. The molecular formula is C13H14N2O4S. The van der Waals surface area contributed by atoms with Gasteiger partial charge in [0, 0.05) is 19.7 Å². The quantitative estimate of drug-likeness (QED) is 0.923. The number of nitrogens with two attached hydrogens (primary N) is 1. The van der Waals surface area contributed by atoms with Crippen LogP contribution < -0.4 is 5.14 Å². The summed E-state index contributed by atoms with van der Waals surface area (Å²) in [5, 5.41) is 5.02. The molecule has 0 spiro atoms. The second-order valence-corrected chi connectivity index (χ2v) is 5.99. The lowest BCUT2D eigenvalue weighted by atomic mass is 10.2. The van der Waals surface area contributed by atoms with Gasteiger partial charge in [0.1, 0.15) is 5.76 Å². The van der Waals surface area contributed by atoms with E-state index >= 15 is 0 Å². The van der Waals surface area contributed by atoms with E-state index in [-0.39, 0.29) is 16.6 Å². The second-order valence-electron chi connectivity index (χ2n) is 4.43. The third-order valence-electron chi connectivity index (χ3n) is 2.69. The van der Waals surface area contributed by atoms with Gasteiger partial charge >= 0.3 is 0 Å². The zero-order chi connectivity index (χ0) is 14.9. The van der Waals surface area contributed by atoms with Gasteiger partial charge in [0.25, 0.3) is 5.91 Å². The highest BCUT2D eigenvalue weighted by Crippen LogP contribution is 2.23. The number of carbonyl (C=O) groups excluding carboxylic acids is 1. The predicted octanol–water partition coefficient (Wildman–Crippen LogP) is 1.30. The fraction of sp³-hybridized carbons (Fsp3) is 0.154. The molecular weight excluding hydrogens is 280 g/mol. The van der Waals surface area contributed by atoms with Gasteiger partial charge in [-0.3, -0.25) is 4.79 Å². The van der Waals surface area contributed by atoms with Crippen molar-refractivity contribution in [2.75, 3.05) is 14.1 Å². The highest BCUT2D eigenvalue weighted by atomic mass is 32.2. The van der Waals surface area contributed by atoms with E-state index in [1.807, 2.05) is 0 Å². The van der Waals surface area contributed by atoms with Crippen LogP contribution in [0.1, 0.15) is 10.6 Å². The highest BCUT2D eigenvalue weighted by Gasteiger charge is 2.14. The van der Waals surface area contributed by atoms with E-state index in [0.717, 1.165) is 0 Å². The maximum absolute atomic E-state index is 11.7. The van der Waals surface area contributed by atoms with Crippen molar-refractivity contribution in [3.05, 3.63) is 42.2 Å². The molecule has 0 fully saturated rings. The van der Waals surface area contributed by atoms with E-state index in [1.165, 1.54) is 17.0 Å². The summed E-state index contributed by atoms with van der Waals surface area (Å²) in [4.78, 5) is 13.1. The molecule has 0 bridgehead atoms. The minimum atomic E-state index is -3.71. The molecule has 0 aliphatic carbocycles. The average Bonchev–Trinajstić information content (AvgIpc) is 2.86. The Morgan fingerprint density at radius 2 is 1.70 bits per heavy atom. The van der Waals surface area contributed by atoms with Gasteiger partial charge in [-0.15, -0.1) is 0 Å². The van der Waals surface area contributed by atoms with E-state index in [1.54, 1.807) is 38.4 Å². The average molecular weight is 294 g/mol. The molecule has 2 N–H and O–H groups in total. The first-order chi connectivity index (χ1) is 9.29. The van der Waals surface area contributed by atoms with Crippen molar-refractivity contribution >= 4 is 15.9 Å². The van der Waals surface area contributed by atoms with Gasteiger partial charge < -0.3 is 9.32 Å². The molecule has 6 nitrogen and oxygen atoms in total. The molecule has 1 heterocycles. The highest BCUT2D eigenvalue weighted by molar-refractivity contribution is 7.89. The zero-order valence-corrected chi connectivity index (χ0v) is 11.8. The molecule has 106 valence electrons. The van der Waals surface area contributed by atoms with Crippen molar-refractivity contribution in [1.29, 1.82) is 0 Å². The summed E-state index contributed by atoms with van der Waals surface area (Å²) in [6.45, 7) is 0. The number of rotatable bonds is 3. The van der Waals surface area contributed by atoms with Crippen LogP contribution in [-0.4, -0.2) is 33.3 Å². The van der Waals surface area contributed by atoms with Crippen molar-refractivity contribution in [3.63, 3.8) is 0 Å². The number of primary sulfonamides is 1. The number of sulfonamides is 1. The molecule has 0 saturated heterocycles. The number of hydrogen-bond acceptors (Lipinski definition) is 4. The van der Waals surface area contributed by atoms with Crippen LogP contribution in [0.5, 0.6) is 0 Å². The van der Waals surface area contributed by atoms with Crippen LogP contribution in [-0.2, 0) is 10.0 Å². The molecule has 0 aliphatic heterocycles. The number of furan rings is 1. The van der Waals surface area contributed by atoms with Crippen LogP contribution in [0.3, 0.4) is 0 Å². The molecule has 0 saturated carbocycles. The number of benzene rings is 1. The van der Waals surface area contributed by atoms with Crippen molar-refractivity contribution in [2.24, 2.45) is 5.14 Å². The van der Waals surface area contributed by atoms with E-state index in [2.05, 4.69) is 0 Å². The molecule has 1 aromatic heterocycles. The summed E-state index contributed by atoms with van der Waals surface area (Å²) in [6.07, 6.45) is 0. The van der Waals surface area contributed by atoms with E-state index in [0.29, 0.717) is 11.3 Å². The maximum Gasteiger partial charge on any atom is 0.289 e. The van der Waals surface area contributed by atoms with E-state index in [4.69, 9.17) is 9.56 Å². The van der Waals surface area contributed by atoms with Crippen LogP contribution in [0.15, 0.2) is 45.7 Å². The fourth-order valence-corrected chi connectivity index (χ4v) is 2.15. The largest absolute Gasteiger partial charge is 0.451 e. The van der Waals surface area contributed by atoms with Crippen molar-refractivity contribution in [3.8, 4) is 11.3 Å². The first kappa shape index (κ1) is 14.3. The Labute approximate surface area is 116 Å². The Hall–Kier alpha value is -2.12. The van der Waals surface area contributed by atoms with Crippen LogP contribution in [0, 0.1) is 0 Å². The van der Waals surface area contributed by atoms with E-state index in [9.17, 15) is 13.2 Å². The summed E-state index contributed by atoms with van der Waals surface area (Å²) in [7, 11) is -0.452. The molecule has 2 rings (SSSR count). The smallest absolute Gasteiger partial charge is 0.289 e. The zero-order valence-electron chi connectivity index (χ0n) is 11.0. The third-order valence-corrected chi connectivity index (χ3v) is 3.62. The van der Waals surface area contributed by atoms with Crippen LogP contribution >= 0.6 is 0 Å². The second kappa shape index (κ2) is 5.10. The normalized spacial score (nSPS) is 11.3. The molecule has 20 heavy (non-hydrogen) atoms. The molecule has 0 atom stereocenters. The Morgan fingerprint density at radius 3 is 2.20 bits per heavy atom. The lowest BCUT2D eigenvalue weighted by Gasteiger charge is -2.06. The molecule has 0 aliphatic rings. The van der Waals surface area contributed by atoms with Crippen LogP contribution in [0.4, 0.5) is 0 Å². The third kappa shape index (κ3) is 2.89. The standard InChI is InChI=1S/C13H14N2O4S/c1-15(2)13(16)12-8-7-11(19-12)9-3-5-10(6-4-9)20(14,17)18/h3-8H,1-2H3,(H2,14,17,18). The topological polar surface area (TPSA) is 93.6 Å². The molecule has 1 amide bonds. The summed E-state index contributed by atoms with van der Waals surface area (Å²) in [5.74, 6) is 0.467. The monoisotopic (exact) mass is 294 g/mol. The Balaban J connectivity index is 2.31. The summed E-state index contributed by atoms with van der Waals surface area (Å²) in [5.41, 5.74) is 0.662. The van der Waals surface area contributed by atoms with Crippen LogP contribution in [0.2, 0.25) is 0 Å². The van der Waals surface area contributed by atoms with Gasteiger partial charge in [-0.1, -0.05) is 0 Å². The van der Waals surface area contributed by atoms with Crippen molar-refractivity contribution in [2.45, 2.75) is 4.90 Å². The Morgan fingerprint density at radius 1 is 1.10 bits per heavy atom. The van der Waals surface area contributed by atoms with E-state index < -0.39 is 10.0 Å². The predicted molar refractivity (Wildman–Crippen MR) is 73.5 cm³/mol. The van der Waals surface area contributed by atoms with Crippen molar-refractivity contribution in [1.82, 2.24) is 4.90 Å². The maximum atomic E-state index is 11.7. The Bertz CT molecular complexity index is 730. The van der Waals surface area contributed by atoms with Crippen molar-refractivity contribution < 1.29 is 17.6 Å². The summed E-state index contributed by atoms with van der Waals surface area (Å²) >= 11 is 0. The number of nitrogens with zero attached hydrogens (tertiary/aromatic N) is 1. The fourth-order valence-electron chi connectivity index (χ4n) is 1.64. The van der Waals surface area contributed by atoms with Gasteiger partial charge in [-0.05, 0) is 36.4 Å². The minimum absolute atomic E-state index is 0.0254. The number of carbonyl (C=O) groups is 1.